The van der Waals surface area contributed by atoms with Crippen LogP contribution in [0, 0.1) is 0 Å². The minimum atomic E-state index is -0.167. The van der Waals surface area contributed by atoms with Crippen molar-refractivity contribution < 1.29 is 9.32 Å². The van der Waals surface area contributed by atoms with Gasteiger partial charge in [0, 0.05) is 41.9 Å². The Labute approximate surface area is 196 Å². The summed E-state index contributed by atoms with van der Waals surface area (Å²) in [7, 11) is 1.88. The summed E-state index contributed by atoms with van der Waals surface area (Å²) in [4.78, 5) is 21.6. The third-order valence-corrected chi connectivity index (χ3v) is 5.54. The van der Waals surface area contributed by atoms with Gasteiger partial charge in [-0.3, -0.25) is 13.9 Å². The Bertz CT molecular complexity index is 1470. The van der Waals surface area contributed by atoms with Crippen LogP contribution in [0.15, 0.2) is 65.8 Å². The van der Waals surface area contributed by atoms with Gasteiger partial charge in [-0.05, 0) is 5.56 Å². The molecule has 0 saturated heterocycles. The lowest BCUT2D eigenvalue weighted by molar-refractivity contribution is -0.115. The Kier molecular flexibility index (Phi) is 5.24. The number of carbonyl (C=O) groups is 1. The molecule has 0 bridgehead atoms. The fourth-order valence-electron chi connectivity index (χ4n) is 3.66. The average Bonchev–Trinajstić information content (AvgIpc) is 3.53. The second-order valence-electron chi connectivity index (χ2n) is 9.30. The fraction of sp³-hybridized carbons (Fsp3) is 0.240. The van der Waals surface area contributed by atoms with Crippen molar-refractivity contribution in [2.24, 2.45) is 7.05 Å². The van der Waals surface area contributed by atoms with Crippen LogP contribution in [0.25, 0.3) is 28.2 Å². The highest BCUT2D eigenvalue weighted by atomic mass is 16.5. The fourth-order valence-corrected chi connectivity index (χ4v) is 3.66. The number of nitrogens with one attached hydrogen (secondary N) is 1. The van der Waals surface area contributed by atoms with Gasteiger partial charge in [-0.1, -0.05) is 50.2 Å². The topological polar surface area (TPSA) is 103 Å². The molecule has 0 spiro atoms. The van der Waals surface area contributed by atoms with Crippen molar-refractivity contribution in [2.75, 3.05) is 5.32 Å². The molecular formula is C25H25N7O2. The van der Waals surface area contributed by atoms with E-state index >= 15 is 0 Å². The smallest absolute Gasteiger partial charge is 0.230 e. The summed E-state index contributed by atoms with van der Waals surface area (Å²) in [5.41, 5.74) is 5.20. The minimum absolute atomic E-state index is 0.150. The summed E-state index contributed by atoms with van der Waals surface area (Å²) in [6.45, 7) is 6.08. The molecule has 0 radical (unpaired) electrons. The highest BCUT2D eigenvalue weighted by Crippen LogP contribution is 2.25. The first-order valence-electron chi connectivity index (χ1n) is 10.9. The lowest BCUT2D eigenvalue weighted by Crippen LogP contribution is -2.14. The molecule has 0 aliphatic rings. The van der Waals surface area contributed by atoms with Gasteiger partial charge in [0.1, 0.15) is 17.7 Å². The third-order valence-electron chi connectivity index (χ3n) is 5.54. The quantitative estimate of drug-likeness (QED) is 0.425. The molecule has 0 unspecified atom stereocenters. The van der Waals surface area contributed by atoms with Crippen LogP contribution in [0.1, 0.15) is 32.1 Å². The van der Waals surface area contributed by atoms with Crippen LogP contribution >= 0.6 is 0 Å². The van der Waals surface area contributed by atoms with Gasteiger partial charge in [-0.2, -0.15) is 5.10 Å². The summed E-state index contributed by atoms with van der Waals surface area (Å²) in [6.07, 6.45) is 7.53. The zero-order valence-corrected chi connectivity index (χ0v) is 19.5. The minimum Gasteiger partial charge on any atom is -0.359 e. The predicted molar refractivity (Wildman–Crippen MR) is 128 cm³/mol. The molecule has 0 fully saturated rings. The summed E-state index contributed by atoms with van der Waals surface area (Å²) >= 11 is 0. The van der Waals surface area contributed by atoms with Crippen molar-refractivity contribution in [1.82, 2.24) is 29.3 Å². The van der Waals surface area contributed by atoms with Crippen molar-refractivity contribution in [3.8, 4) is 22.5 Å². The Hall–Kier alpha value is -4.27. The lowest BCUT2D eigenvalue weighted by atomic mass is 9.93. The van der Waals surface area contributed by atoms with Crippen LogP contribution in [-0.2, 0) is 23.7 Å². The van der Waals surface area contributed by atoms with E-state index in [4.69, 9.17) is 4.52 Å². The van der Waals surface area contributed by atoms with E-state index in [9.17, 15) is 4.79 Å². The monoisotopic (exact) mass is 455 g/mol. The van der Waals surface area contributed by atoms with Gasteiger partial charge < -0.3 is 9.84 Å². The number of hydrogen-bond donors (Lipinski definition) is 1. The number of carbonyl (C=O) groups excluding carboxylic acids is 1. The number of aromatic nitrogens is 6. The van der Waals surface area contributed by atoms with E-state index in [0.29, 0.717) is 5.82 Å². The zero-order valence-electron chi connectivity index (χ0n) is 19.5. The molecule has 4 heterocycles. The number of anilines is 1. The van der Waals surface area contributed by atoms with E-state index in [1.54, 1.807) is 23.3 Å². The van der Waals surface area contributed by atoms with Gasteiger partial charge in [0.2, 0.25) is 5.91 Å². The molecule has 34 heavy (non-hydrogen) atoms. The molecule has 5 rings (SSSR count). The molecule has 1 amide bonds. The van der Waals surface area contributed by atoms with Crippen LogP contribution < -0.4 is 5.32 Å². The number of fused-ring (bicyclic) bond motifs is 1. The van der Waals surface area contributed by atoms with Crippen molar-refractivity contribution in [1.29, 1.82) is 0 Å². The molecule has 9 nitrogen and oxygen atoms in total. The molecule has 0 saturated carbocycles. The van der Waals surface area contributed by atoms with Crippen molar-refractivity contribution >= 4 is 17.4 Å². The zero-order chi connectivity index (χ0) is 23.9. The third kappa shape index (κ3) is 4.32. The van der Waals surface area contributed by atoms with Gasteiger partial charge in [-0.25, -0.2) is 9.97 Å². The Morgan fingerprint density at radius 3 is 2.53 bits per heavy atom. The van der Waals surface area contributed by atoms with Crippen molar-refractivity contribution in [3.63, 3.8) is 0 Å². The Balaban J connectivity index is 1.29. The number of imidazole rings is 1. The molecule has 172 valence electrons. The molecule has 4 aromatic heterocycles. The van der Waals surface area contributed by atoms with Crippen LogP contribution in [0.2, 0.25) is 0 Å². The average molecular weight is 456 g/mol. The van der Waals surface area contributed by atoms with Crippen molar-refractivity contribution in [3.05, 3.63) is 72.6 Å². The standard InChI is InChI=1S/C25H25N7O2/c1-25(2,3)21-11-22(30-34-21)29-24(33)9-16-5-7-17(8-6-16)20-13-26-23-10-19(27-15-32(20)23)18-12-28-31(4)14-18/h5-8,10-15H,9H2,1-4H3,(H,29,30,33). The van der Waals surface area contributed by atoms with E-state index in [1.807, 2.05) is 74.9 Å². The first-order chi connectivity index (χ1) is 16.3. The molecule has 0 aliphatic carbocycles. The van der Waals surface area contributed by atoms with Gasteiger partial charge in [0.25, 0.3) is 0 Å². The van der Waals surface area contributed by atoms with E-state index in [1.165, 1.54) is 0 Å². The summed E-state index contributed by atoms with van der Waals surface area (Å²) in [6, 6.07) is 11.5. The second kappa shape index (κ2) is 8.26. The van der Waals surface area contributed by atoms with Gasteiger partial charge >= 0.3 is 0 Å². The maximum absolute atomic E-state index is 12.5. The Morgan fingerprint density at radius 1 is 1.06 bits per heavy atom. The largest absolute Gasteiger partial charge is 0.359 e. The lowest BCUT2D eigenvalue weighted by Gasteiger charge is -2.12. The van der Waals surface area contributed by atoms with Gasteiger partial charge in [0.15, 0.2) is 5.82 Å². The summed E-state index contributed by atoms with van der Waals surface area (Å²) in [5, 5.41) is 10.9. The number of rotatable bonds is 5. The molecule has 9 heteroatoms. The van der Waals surface area contributed by atoms with E-state index < -0.39 is 0 Å². The highest BCUT2D eigenvalue weighted by molar-refractivity contribution is 5.91. The van der Waals surface area contributed by atoms with Crippen LogP contribution in [0.3, 0.4) is 0 Å². The second-order valence-corrected chi connectivity index (χ2v) is 9.30. The predicted octanol–water partition coefficient (Wildman–Crippen LogP) is 4.26. The maximum atomic E-state index is 12.5. The first kappa shape index (κ1) is 21.6. The maximum Gasteiger partial charge on any atom is 0.230 e. The van der Waals surface area contributed by atoms with E-state index in [0.717, 1.165) is 39.5 Å². The number of aryl methyl sites for hydroxylation is 1. The number of benzene rings is 1. The van der Waals surface area contributed by atoms with E-state index in [-0.39, 0.29) is 17.7 Å². The summed E-state index contributed by atoms with van der Waals surface area (Å²) < 4.78 is 9.01. The van der Waals surface area contributed by atoms with Crippen LogP contribution in [0.4, 0.5) is 5.82 Å². The number of nitrogens with zero attached hydrogens (tertiary/aromatic N) is 6. The molecule has 1 N–H and O–H groups in total. The molecule has 0 aliphatic heterocycles. The van der Waals surface area contributed by atoms with Crippen LogP contribution in [0.5, 0.6) is 0 Å². The first-order valence-corrected chi connectivity index (χ1v) is 10.9. The Morgan fingerprint density at radius 2 is 1.85 bits per heavy atom. The van der Waals surface area contributed by atoms with Gasteiger partial charge in [0.05, 0.1) is 30.2 Å². The SMILES string of the molecule is Cn1cc(-c2cc3ncc(-c4ccc(CC(=O)Nc5cc(C(C)(C)C)on5)cc4)n3cn2)cn1. The molecule has 1 aromatic carbocycles. The highest BCUT2D eigenvalue weighted by Gasteiger charge is 2.20. The normalized spacial score (nSPS) is 11.8. The molecule has 0 atom stereocenters. The number of amides is 1. The van der Waals surface area contributed by atoms with Crippen LogP contribution in [-0.4, -0.2) is 35.2 Å². The van der Waals surface area contributed by atoms with Crippen molar-refractivity contribution in [2.45, 2.75) is 32.6 Å². The summed E-state index contributed by atoms with van der Waals surface area (Å²) in [5.74, 6) is 1.00. The van der Waals surface area contributed by atoms with E-state index in [2.05, 4.69) is 25.5 Å². The van der Waals surface area contributed by atoms with Gasteiger partial charge in [-0.15, -0.1) is 0 Å². The molecular weight excluding hydrogens is 430 g/mol. The molecule has 5 aromatic rings. The number of hydrogen-bond acceptors (Lipinski definition) is 6.